The molecule has 1 aromatic carbocycles. The smallest absolute Gasteiger partial charge is 0.230 e. The van der Waals surface area contributed by atoms with E-state index in [1.807, 2.05) is 43.4 Å². The molecule has 0 aliphatic rings. The Morgan fingerprint density at radius 1 is 1.10 bits per heavy atom. The molecule has 7 heteroatoms. The molecule has 3 aromatic rings. The van der Waals surface area contributed by atoms with Gasteiger partial charge < -0.3 is 10.2 Å². The van der Waals surface area contributed by atoms with Crippen molar-refractivity contribution in [1.82, 2.24) is 19.6 Å². The van der Waals surface area contributed by atoms with Crippen molar-refractivity contribution in [2.24, 2.45) is 5.92 Å². The van der Waals surface area contributed by atoms with Gasteiger partial charge >= 0.3 is 0 Å². The summed E-state index contributed by atoms with van der Waals surface area (Å²) in [5.41, 5.74) is 5.25. The summed E-state index contributed by atoms with van der Waals surface area (Å²) in [7, 11) is 4.04. The normalized spacial score (nSPS) is 11.2. The molecule has 0 saturated heterocycles. The minimum atomic E-state index is -0.0602. The summed E-state index contributed by atoms with van der Waals surface area (Å²) >= 11 is 0. The highest BCUT2D eigenvalue weighted by atomic mass is 16.1. The number of aryl methyl sites for hydroxylation is 1. The van der Waals surface area contributed by atoms with Crippen LogP contribution < -0.4 is 10.2 Å². The van der Waals surface area contributed by atoms with Crippen LogP contribution in [0, 0.1) is 19.8 Å². The number of nitrogens with zero attached hydrogens (tertiary/aromatic N) is 5. The fourth-order valence-electron chi connectivity index (χ4n) is 3.50. The summed E-state index contributed by atoms with van der Waals surface area (Å²) in [4.78, 5) is 14.8. The predicted molar refractivity (Wildman–Crippen MR) is 121 cm³/mol. The lowest BCUT2D eigenvalue weighted by atomic mass is 10.1. The monoisotopic (exact) mass is 408 g/mol. The predicted octanol–water partition coefficient (Wildman–Crippen LogP) is 3.65. The molecule has 0 bridgehead atoms. The highest BCUT2D eigenvalue weighted by molar-refractivity contribution is 5.91. The van der Waals surface area contributed by atoms with Gasteiger partial charge in [-0.2, -0.15) is 10.2 Å². The molecule has 0 fully saturated rings. The molecular weight excluding hydrogens is 376 g/mol. The SMILES string of the molecule is Cc1nn(CC(C)C)c(C)c1CC(=O)Nc1ccnn1Cc1ccc(N(C)C)cc1. The molecule has 0 unspecified atom stereocenters. The van der Waals surface area contributed by atoms with Gasteiger partial charge in [-0.25, -0.2) is 4.68 Å². The summed E-state index contributed by atoms with van der Waals surface area (Å²) < 4.78 is 3.81. The van der Waals surface area contributed by atoms with Gasteiger partial charge in [-0.05, 0) is 37.5 Å². The second-order valence-electron chi connectivity index (χ2n) is 8.39. The summed E-state index contributed by atoms with van der Waals surface area (Å²) in [5, 5.41) is 12.0. The molecule has 2 heterocycles. The molecule has 0 aliphatic carbocycles. The molecular formula is C23H32N6O. The molecule has 0 spiro atoms. The van der Waals surface area contributed by atoms with E-state index in [0.717, 1.165) is 34.7 Å². The fraction of sp³-hybridized carbons (Fsp3) is 0.435. The van der Waals surface area contributed by atoms with Crippen molar-refractivity contribution < 1.29 is 4.79 Å². The van der Waals surface area contributed by atoms with Crippen molar-refractivity contribution >= 4 is 17.4 Å². The van der Waals surface area contributed by atoms with E-state index in [9.17, 15) is 4.79 Å². The third-order valence-corrected chi connectivity index (χ3v) is 5.18. The summed E-state index contributed by atoms with van der Waals surface area (Å²) in [6.45, 7) is 9.78. The lowest BCUT2D eigenvalue weighted by Gasteiger charge is -2.13. The lowest BCUT2D eigenvalue weighted by molar-refractivity contribution is -0.115. The second kappa shape index (κ2) is 9.15. The Labute approximate surface area is 178 Å². The van der Waals surface area contributed by atoms with Gasteiger partial charge in [0.2, 0.25) is 5.91 Å². The van der Waals surface area contributed by atoms with Crippen LogP contribution in [-0.4, -0.2) is 39.6 Å². The van der Waals surface area contributed by atoms with Crippen molar-refractivity contribution in [2.45, 2.75) is 47.2 Å². The Bertz CT molecular complexity index is 997. The molecule has 0 aliphatic heterocycles. The highest BCUT2D eigenvalue weighted by Gasteiger charge is 2.16. The Morgan fingerprint density at radius 3 is 2.43 bits per heavy atom. The number of benzene rings is 1. The molecule has 0 saturated carbocycles. The Kier molecular flexibility index (Phi) is 6.59. The van der Waals surface area contributed by atoms with Gasteiger partial charge in [0.05, 0.1) is 24.9 Å². The molecule has 3 rings (SSSR count). The Hall–Kier alpha value is -3.09. The number of rotatable bonds is 8. The van der Waals surface area contributed by atoms with Crippen LogP contribution in [0.1, 0.15) is 36.4 Å². The number of carbonyl (C=O) groups excluding carboxylic acids is 1. The molecule has 0 atom stereocenters. The summed E-state index contributed by atoms with van der Waals surface area (Å²) in [6.07, 6.45) is 2.01. The number of hydrogen-bond donors (Lipinski definition) is 1. The molecule has 1 amide bonds. The van der Waals surface area contributed by atoms with Crippen LogP contribution in [0.2, 0.25) is 0 Å². The van der Waals surface area contributed by atoms with Crippen molar-refractivity contribution in [2.75, 3.05) is 24.3 Å². The van der Waals surface area contributed by atoms with E-state index < -0.39 is 0 Å². The first-order valence-corrected chi connectivity index (χ1v) is 10.4. The van der Waals surface area contributed by atoms with Crippen LogP contribution >= 0.6 is 0 Å². The van der Waals surface area contributed by atoms with Gasteiger partial charge in [0.25, 0.3) is 0 Å². The number of nitrogens with one attached hydrogen (secondary N) is 1. The van der Waals surface area contributed by atoms with Gasteiger partial charge in [-0.1, -0.05) is 26.0 Å². The van der Waals surface area contributed by atoms with Gasteiger partial charge in [0.1, 0.15) is 5.82 Å². The van der Waals surface area contributed by atoms with Crippen LogP contribution in [0.3, 0.4) is 0 Å². The number of amides is 1. The first-order chi connectivity index (χ1) is 14.2. The van der Waals surface area contributed by atoms with E-state index in [2.05, 4.69) is 58.5 Å². The van der Waals surface area contributed by atoms with E-state index in [0.29, 0.717) is 24.7 Å². The number of anilines is 2. The minimum absolute atomic E-state index is 0.0602. The van der Waals surface area contributed by atoms with Crippen molar-refractivity contribution in [3.8, 4) is 0 Å². The van der Waals surface area contributed by atoms with E-state index in [4.69, 9.17) is 0 Å². The first kappa shape index (κ1) is 21.6. The van der Waals surface area contributed by atoms with Crippen molar-refractivity contribution in [3.05, 3.63) is 59.0 Å². The lowest BCUT2D eigenvalue weighted by Crippen LogP contribution is -2.19. The molecule has 160 valence electrons. The van der Waals surface area contributed by atoms with Gasteiger partial charge in [-0.15, -0.1) is 0 Å². The quantitative estimate of drug-likeness (QED) is 0.618. The molecule has 7 nitrogen and oxygen atoms in total. The molecule has 30 heavy (non-hydrogen) atoms. The average Bonchev–Trinajstić information content (AvgIpc) is 3.21. The summed E-state index contributed by atoms with van der Waals surface area (Å²) in [5.74, 6) is 1.14. The van der Waals surface area contributed by atoms with Crippen LogP contribution in [0.25, 0.3) is 0 Å². The van der Waals surface area contributed by atoms with Gasteiger partial charge in [-0.3, -0.25) is 9.48 Å². The zero-order valence-corrected chi connectivity index (χ0v) is 18.8. The number of hydrogen-bond acceptors (Lipinski definition) is 4. The highest BCUT2D eigenvalue weighted by Crippen LogP contribution is 2.18. The molecule has 2 aromatic heterocycles. The maximum Gasteiger partial charge on any atom is 0.230 e. The minimum Gasteiger partial charge on any atom is -0.378 e. The molecule has 0 radical (unpaired) electrons. The van der Waals surface area contributed by atoms with Gasteiger partial charge in [0, 0.05) is 43.7 Å². The zero-order valence-electron chi connectivity index (χ0n) is 18.8. The Balaban J connectivity index is 1.67. The zero-order chi connectivity index (χ0) is 21.8. The van der Waals surface area contributed by atoms with Crippen LogP contribution in [0.15, 0.2) is 36.5 Å². The molecule has 1 N–H and O–H groups in total. The second-order valence-corrected chi connectivity index (χ2v) is 8.39. The van der Waals surface area contributed by atoms with Gasteiger partial charge in [0.15, 0.2) is 0 Å². The first-order valence-electron chi connectivity index (χ1n) is 10.4. The summed E-state index contributed by atoms with van der Waals surface area (Å²) in [6, 6.07) is 10.2. The maximum atomic E-state index is 12.7. The Morgan fingerprint density at radius 2 is 1.80 bits per heavy atom. The van der Waals surface area contributed by atoms with Crippen LogP contribution in [-0.2, 0) is 24.3 Å². The van der Waals surface area contributed by atoms with E-state index in [-0.39, 0.29) is 5.91 Å². The standard InChI is InChI=1S/C23H32N6O/c1-16(2)14-28-18(4)21(17(3)26-28)13-23(30)25-22-11-12-24-29(22)15-19-7-9-20(10-8-19)27(5)6/h7-12,16H,13-15H2,1-6H3,(H,25,30). The van der Waals surface area contributed by atoms with Crippen LogP contribution in [0.5, 0.6) is 0 Å². The van der Waals surface area contributed by atoms with Crippen molar-refractivity contribution in [1.29, 1.82) is 0 Å². The third kappa shape index (κ3) is 5.09. The third-order valence-electron chi connectivity index (χ3n) is 5.18. The van der Waals surface area contributed by atoms with E-state index >= 15 is 0 Å². The fourth-order valence-corrected chi connectivity index (χ4v) is 3.50. The topological polar surface area (TPSA) is 68.0 Å². The number of carbonyl (C=O) groups is 1. The van der Waals surface area contributed by atoms with E-state index in [1.54, 1.807) is 6.20 Å². The van der Waals surface area contributed by atoms with Crippen molar-refractivity contribution in [3.63, 3.8) is 0 Å². The van der Waals surface area contributed by atoms with Crippen LogP contribution in [0.4, 0.5) is 11.5 Å². The largest absolute Gasteiger partial charge is 0.378 e. The average molecular weight is 409 g/mol. The maximum absolute atomic E-state index is 12.7. The van der Waals surface area contributed by atoms with E-state index in [1.165, 1.54) is 0 Å². The number of aromatic nitrogens is 4.